The van der Waals surface area contributed by atoms with Gasteiger partial charge >= 0.3 is 0 Å². The Kier molecular flexibility index (Phi) is 6.04. The molecule has 1 aliphatic heterocycles. The van der Waals surface area contributed by atoms with Crippen molar-refractivity contribution in [1.82, 2.24) is 0 Å². The highest BCUT2D eigenvalue weighted by Crippen LogP contribution is 2.68. The highest BCUT2D eigenvalue weighted by atomic mass is 16.4. The summed E-state index contributed by atoms with van der Waals surface area (Å²) in [7, 11) is 0. The minimum Gasteiger partial charge on any atom is -0.392 e. The van der Waals surface area contributed by atoms with Crippen LogP contribution in [0.4, 0.5) is 5.69 Å². The average molecular weight is 543 g/mol. The van der Waals surface area contributed by atoms with E-state index >= 15 is 0 Å². The number of Topliss-reactive ketones (excluding diaryl/α,β-unsaturated/α-hetero) is 2. The summed E-state index contributed by atoms with van der Waals surface area (Å²) in [5.41, 5.74) is 2.31. The number of aliphatic hydroxyl groups is 4. The molecule has 2 saturated carbocycles. The first kappa shape index (κ1) is 28.2. The molecule has 9 nitrogen and oxygen atoms in total. The monoisotopic (exact) mass is 542 g/mol. The van der Waals surface area contributed by atoms with Gasteiger partial charge in [0.15, 0.2) is 17.2 Å². The number of ketones is 2. The van der Waals surface area contributed by atoms with Gasteiger partial charge in [-0.05, 0) is 40.7 Å². The molecule has 214 valence electrons. The molecule has 0 aromatic heterocycles. The quantitative estimate of drug-likeness (QED) is 0.305. The molecule has 4 aliphatic rings. The highest BCUT2D eigenvalue weighted by Gasteiger charge is 2.80. The predicted molar refractivity (Wildman–Crippen MR) is 144 cm³/mol. The van der Waals surface area contributed by atoms with Gasteiger partial charge in [0, 0.05) is 28.6 Å². The van der Waals surface area contributed by atoms with E-state index < -0.39 is 81.8 Å². The van der Waals surface area contributed by atoms with Gasteiger partial charge in [-0.1, -0.05) is 60.6 Å². The van der Waals surface area contributed by atoms with Crippen LogP contribution in [0, 0.1) is 34.5 Å². The molecule has 10 atom stereocenters. The van der Waals surface area contributed by atoms with Crippen molar-refractivity contribution in [2.45, 2.75) is 90.1 Å². The fraction of sp³-hybridized carbons (Fsp3) is 0.700. The third-order valence-electron chi connectivity index (χ3n) is 11.4. The molecule has 7 N–H and O–H groups in total. The fourth-order valence-corrected chi connectivity index (χ4v) is 9.16. The van der Waals surface area contributed by atoms with Gasteiger partial charge in [0.2, 0.25) is 5.91 Å². The summed E-state index contributed by atoms with van der Waals surface area (Å²) in [6.45, 7) is 13.5. The van der Waals surface area contributed by atoms with Gasteiger partial charge in [-0.25, -0.2) is 0 Å². The zero-order chi connectivity index (χ0) is 29.2. The molecule has 5 rings (SSSR count). The molecule has 0 spiro atoms. The number of nitrogens with two attached hydrogens (primary N) is 1. The third-order valence-corrected chi connectivity index (χ3v) is 11.4. The van der Waals surface area contributed by atoms with Crippen molar-refractivity contribution in [3.63, 3.8) is 0 Å². The number of amides is 1. The number of anilines is 1. The van der Waals surface area contributed by atoms with Crippen LogP contribution in [0.1, 0.15) is 82.3 Å². The van der Waals surface area contributed by atoms with Crippen LogP contribution in [0.3, 0.4) is 0 Å². The van der Waals surface area contributed by atoms with Crippen LogP contribution in [-0.2, 0) is 15.0 Å². The van der Waals surface area contributed by atoms with Crippen LogP contribution in [-0.4, -0.2) is 68.4 Å². The molecule has 2 fully saturated rings. The topological polar surface area (TPSA) is 170 Å². The summed E-state index contributed by atoms with van der Waals surface area (Å²) < 4.78 is 0. The van der Waals surface area contributed by atoms with Crippen LogP contribution in [0.2, 0.25) is 0 Å². The van der Waals surface area contributed by atoms with E-state index in [9.17, 15) is 34.8 Å². The Morgan fingerprint density at radius 3 is 2.28 bits per heavy atom. The number of carbonyl (C=O) groups is 3. The molecule has 1 aromatic rings. The largest absolute Gasteiger partial charge is 0.392 e. The summed E-state index contributed by atoms with van der Waals surface area (Å²) in [5.74, 6) is -7.78. The second-order valence-corrected chi connectivity index (χ2v) is 13.8. The van der Waals surface area contributed by atoms with Crippen molar-refractivity contribution in [1.29, 1.82) is 0 Å². The normalized spacial score (nSPS) is 44.6. The maximum absolute atomic E-state index is 14.5. The van der Waals surface area contributed by atoms with Crippen molar-refractivity contribution in [2.75, 3.05) is 11.9 Å². The minimum atomic E-state index is -2.71. The molecule has 0 bridgehead atoms. The first-order valence-corrected chi connectivity index (χ1v) is 14.0. The molecular weight excluding hydrogens is 500 g/mol. The van der Waals surface area contributed by atoms with E-state index in [-0.39, 0.29) is 5.41 Å². The minimum absolute atomic E-state index is 0.198. The number of fused-ring (bicyclic) bond motifs is 5. The van der Waals surface area contributed by atoms with E-state index in [1.165, 1.54) is 6.92 Å². The lowest BCUT2D eigenvalue weighted by atomic mass is 9.36. The van der Waals surface area contributed by atoms with Gasteiger partial charge in [-0.3, -0.25) is 14.4 Å². The lowest BCUT2D eigenvalue weighted by Crippen LogP contribution is -2.83. The van der Waals surface area contributed by atoms with Crippen LogP contribution in [0.5, 0.6) is 0 Å². The Balaban J connectivity index is 1.79. The third kappa shape index (κ3) is 3.08. The molecule has 1 heterocycles. The van der Waals surface area contributed by atoms with Gasteiger partial charge < -0.3 is 31.5 Å². The average Bonchev–Trinajstić information content (AvgIpc) is 2.83. The number of hydrogen-bond acceptors (Lipinski definition) is 8. The van der Waals surface area contributed by atoms with Crippen molar-refractivity contribution in [2.24, 2.45) is 40.2 Å². The van der Waals surface area contributed by atoms with E-state index in [2.05, 4.69) is 19.2 Å². The van der Waals surface area contributed by atoms with Crippen molar-refractivity contribution >= 4 is 23.2 Å². The Morgan fingerprint density at radius 2 is 1.72 bits per heavy atom. The molecule has 1 amide bonds. The van der Waals surface area contributed by atoms with Crippen LogP contribution >= 0.6 is 0 Å². The van der Waals surface area contributed by atoms with Crippen LogP contribution in [0.25, 0.3) is 0 Å². The number of rotatable bonds is 2. The summed E-state index contributed by atoms with van der Waals surface area (Å²) in [4.78, 5) is 40.8. The second kappa shape index (κ2) is 8.35. The molecule has 0 saturated heterocycles. The zero-order valence-electron chi connectivity index (χ0n) is 23.8. The highest BCUT2D eigenvalue weighted by molar-refractivity contribution is 6.10. The van der Waals surface area contributed by atoms with Crippen molar-refractivity contribution in [3.8, 4) is 0 Å². The molecule has 3 aliphatic carbocycles. The summed E-state index contributed by atoms with van der Waals surface area (Å²) >= 11 is 0. The number of nitrogens with one attached hydrogen (secondary N) is 1. The number of primary amides is 1. The number of carbonyl (C=O) groups excluding carboxylic acids is 3. The first-order chi connectivity index (χ1) is 17.9. The molecule has 2 unspecified atom stereocenters. The Labute approximate surface area is 229 Å². The Hall–Kier alpha value is -2.33. The standard InChI is InChI=1S/C30H42N2O7/c1-12(2)18-22(34)17(25(31)37)23(35)30(39)24(36)19-21(33)16-14(13(3)28(19,6)26(38)29(18,30)7)8-9-15-20(16)32-11-10-27(15,4)5/h8-9,12-13,17-19,22,24,26,32,34,36,38-39H,10-11H2,1-7H3,(H2,31,37)/t13-,17-,18+,19-,22?,24?,26-,28+,29+,30+/m1/s1. The molecular formula is C30H42N2O7. The van der Waals surface area contributed by atoms with Crippen molar-refractivity contribution < 1.29 is 34.8 Å². The Bertz CT molecular complexity index is 1280. The molecule has 39 heavy (non-hydrogen) atoms. The van der Waals surface area contributed by atoms with E-state index in [0.717, 1.165) is 17.5 Å². The number of aliphatic hydroxyl groups excluding tert-OH is 3. The maximum Gasteiger partial charge on any atom is 0.230 e. The van der Waals surface area contributed by atoms with Gasteiger partial charge in [0.05, 0.1) is 18.1 Å². The molecule has 0 radical (unpaired) electrons. The number of hydrogen-bond donors (Lipinski definition) is 6. The maximum atomic E-state index is 14.5. The predicted octanol–water partition coefficient (Wildman–Crippen LogP) is 1.49. The van der Waals surface area contributed by atoms with Crippen LogP contribution in [0.15, 0.2) is 12.1 Å². The van der Waals surface area contributed by atoms with E-state index in [0.29, 0.717) is 17.8 Å². The van der Waals surface area contributed by atoms with Gasteiger partial charge in [-0.2, -0.15) is 0 Å². The van der Waals surface area contributed by atoms with Gasteiger partial charge in [0.1, 0.15) is 12.0 Å². The fourth-order valence-electron chi connectivity index (χ4n) is 9.16. The van der Waals surface area contributed by atoms with Crippen LogP contribution < -0.4 is 11.1 Å². The van der Waals surface area contributed by atoms with Gasteiger partial charge in [-0.15, -0.1) is 0 Å². The Morgan fingerprint density at radius 1 is 1.10 bits per heavy atom. The van der Waals surface area contributed by atoms with E-state index in [4.69, 9.17) is 5.73 Å². The molecule has 9 heteroatoms. The first-order valence-electron chi connectivity index (χ1n) is 14.0. The summed E-state index contributed by atoms with van der Waals surface area (Å²) in [5, 5.41) is 51.3. The SMILES string of the molecule is CC(C)[C@H]1C(O)[C@@H](C(N)=O)C(=O)[C@]2(O)C(O)[C@H]3C(=O)c4c(ccc5c4NCCC5(C)C)[C@@H](C)[C@]3(C)[C@@H](O)[C@]12C. The van der Waals surface area contributed by atoms with Crippen molar-refractivity contribution in [3.05, 3.63) is 28.8 Å². The summed E-state index contributed by atoms with van der Waals surface area (Å²) in [6, 6.07) is 3.93. The van der Waals surface area contributed by atoms with E-state index in [1.54, 1.807) is 20.8 Å². The smallest absolute Gasteiger partial charge is 0.230 e. The summed E-state index contributed by atoms with van der Waals surface area (Å²) in [6.07, 6.45) is -4.17. The number of benzene rings is 1. The second-order valence-electron chi connectivity index (χ2n) is 13.8. The molecule has 1 aromatic carbocycles. The zero-order valence-corrected chi connectivity index (χ0v) is 23.8. The van der Waals surface area contributed by atoms with Gasteiger partial charge in [0.25, 0.3) is 0 Å². The van der Waals surface area contributed by atoms with E-state index in [1.807, 2.05) is 19.1 Å². The lowest BCUT2D eigenvalue weighted by Gasteiger charge is -2.69. The lowest BCUT2D eigenvalue weighted by molar-refractivity contribution is -0.306.